The minimum atomic E-state index is -0.203. The Bertz CT molecular complexity index is 658. The number of fused-ring (bicyclic) bond motifs is 1. The number of imide groups is 1. The summed E-state index contributed by atoms with van der Waals surface area (Å²) in [7, 11) is 0. The van der Waals surface area contributed by atoms with Gasteiger partial charge in [0.15, 0.2) is 0 Å². The van der Waals surface area contributed by atoms with Gasteiger partial charge < -0.3 is 0 Å². The number of aromatic nitrogens is 1. The molecule has 102 valence electrons. The summed E-state index contributed by atoms with van der Waals surface area (Å²) in [6, 6.07) is 6.96. The molecule has 0 bridgehead atoms. The summed E-state index contributed by atoms with van der Waals surface area (Å²) < 4.78 is 0. The zero-order chi connectivity index (χ0) is 14.3. The summed E-state index contributed by atoms with van der Waals surface area (Å²) in [6.07, 6.45) is 1.82. The van der Waals surface area contributed by atoms with Crippen molar-refractivity contribution in [1.29, 1.82) is 0 Å². The van der Waals surface area contributed by atoms with Crippen LogP contribution in [0.5, 0.6) is 0 Å². The Hall–Kier alpha value is -2.01. The third-order valence-electron chi connectivity index (χ3n) is 3.40. The molecule has 0 saturated carbocycles. The molecule has 1 aliphatic rings. The molecule has 0 N–H and O–H groups in total. The molecule has 5 heteroatoms. The first-order chi connectivity index (χ1) is 9.58. The molecule has 0 spiro atoms. The van der Waals surface area contributed by atoms with Gasteiger partial charge in [0.2, 0.25) is 0 Å². The molecule has 0 radical (unpaired) electrons. The fraction of sp³-hybridized carbons (Fsp3) is 0.267. The number of rotatable bonds is 3. The Morgan fingerprint density at radius 2 is 1.80 bits per heavy atom. The second-order valence-electron chi connectivity index (χ2n) is 4.98. The number of aryl methyl sites for hydroxylation is 1. The van der Waals surface area contributed by atoms with Gasteiger partial charge in [0.25, 0.3) is 11.8 Å². The molecule has 0 fully saturated rings. The summed E-state index contributed by atoms with van der Waals surface area (Å²) in [6.45, 7) is 4.36. The maximum absolute atomic E-state index is 12.3. The first-order valence-electron chi connectivity index (χ1n) is 6.45. The van der Waals surface area contributed by atoms with Crippen molar-refractivity contribution in [3.63, 3.8) is 0 Å². The molecule has 0 saturated heterocycles. The standard InChI is InChI=1S/C15H14N2O2S/c1-9(13-16-7-10(2)20-13)8-17-14(18)11-5-3-4-6-12(11)15(17)19/h3-7,9H,8H2,1-2H3. The van der Waals surface area contributed by atoms with Gasteiger partial charge in [-0.2, -0.15) is 0 Å². The quantitative estimate of drug-likeness (QED) is 0.815. The van der Waals surface area contributed by atoms with Crippen LogP contribution in [0.2, 0.25) is 0 Å². The van der Waals surface area contributed by atoms with Crippen molar-refractivity contribution in [3.8, 4) is 0 Å². The van der Waals surface area contributed by atoms with Gasteiger partial charge in [-0.15, -0.1) is 11.3 Å². The zero-order valence-electron chi connectivity index (χ0n) is 11.3. The number of hydrogen-bond acceptors (Lipinski definition) is 4. The van der Waals surface area contributed by atoms with E-state index in [4.69, 9.17) is 0 Å². The van der Waals surface area contributed by atoms with Crippen LogP contribution >= 0.6 is 11.3 Å². The molecular formula is C15H14N2O2S. The van der Waals surface area contributed by atoms with Crippen molar-refractivity contribution < 1.29 is 9.59 Å². The Morgan fingerprint density at radius 1 is 1.20 bits per heavy atom. The van der Waals surface area contributed by atoms with E-state index in [-0.39, 0.29) is 17.7 Å². The Morgan fingerprint density at radius 3 is 2.30 bits per heavy atom. The van der Waals surface area contributed by atoms with E-state index < -0.39 is 0 Å². The maximum atomic E-state index is 12.3. The molecule has 1 aliphatic heterocycles. The third kappa shape index (κ3) is 2.04. The van der Waals surface area contributed by atoms with Gasteiger partial charge in [0, 0.05) is 23.5 Å². The number of nitrogens with zero attached hydrogens (tertiary/aromatic N) is 2. The Kier molecular flexibility index (Phi) is 3.14. The fourth-order valence-electron chi connectivity index (χ4n) is 2.36. The van der Waals surface area contributed by atoms with Crippen molar-refractivity contribution in [1.82, 2.24) is 9.88 Å². The number of benzene rings is 1. The Balaban J connectivity index is 1.83. The number of hydrogen-bond donors (Lipinski definition) is 0. The summed E-state index contributed by atoms with van der Waals surface area (Å²) >= 11 is 1.61. The average molecular weight is 286 g/mol. The lowest BCUT2D eigenvalue weighted by Crippen LogP contribution is -2.33. The summed E-state index contributed by atoms with van der Waals surface area (Å²) in [5.41, 5.74) is 1.00. The molecule has 2 heterocycles. The number of amides is 2. The van der Waals surface area contributed by atoms with Crippen molar-refractivity contribution in [2.24, 2.45) is 0 Å². The SMILES string of the molecule is Cc1cnc(C(C)CN2C(=O)c3ccccc3C2=O)s1. The molecular weight excluding hydrogens is 272 g/mol. The van der Waals surface area contributed by atoms with Gasteiger partial charge >= 0.3 is 0 Å². The maximum Gasteiger partial charge on any atom is 0.261 e. The van der Waals surface area contributed by atoms with Gasteiger partial charge in [0.05, 0.1) is 16.1 Å². The van der Waals surface area contributed by atoms with Crippen LogP contribution < -0.4 is 0 Å². The fourth-order valence-corrected chi connectivity index (χ4v) is 3.17. The van der Waals surface area contributed by atoms with Crippen LogP contribution in [-0.2, 0) is 0 Å². The van der Waals surface area contributed by atoms with E-state index in [9.17, 15) is 9.59 Å². The zero-order valence-corrected chi connectivity index (χ0v) is 12.1. The van der Waals surface area contributed by atoms with E-state index in [1.54, 1.807) is 35.6 Å². The third-order valence-corrected chi connectivity index (χ3v) is 4.54. The Labute approximate surface area is 121 Å². The minimum Gasteiger partial charge on any atom is -0.274 e. The average Bonchev–Trinajstić information content (AvgIpc) is 2.98. The van der Waals surface area contributed by atoms with Crippen LogP contribution in [0.3, 0.4) is 0 Å². The molecule has 4 nitrogen and oxygen atoms in total. The highest BCUT2D eigenvalue weighted by Gasteiger charge is 2.36. The van der Waals surface area contributed by atoms with Crippen LogP contribution in [0.25, 0.3) is 0 Å². The van der Waals surface area contributed by atoms with Crippen LogP contribution in [0.15, 0.2) is 30.5 Å². The molecule has 1 aromatic carbocycles. The first-order valence-corrected chi connectivity index (χ1v) is 7.27. The van der Waals surface area contributed by atoms with Crippen LogP contribution in [0.4, 0.5) is 0 Å². The van der Waals surface area contributed by atoms with Gasteiger partial charge in [-0.1, -0.05) is 19.1 Å². The molecule has 1 atom stereocenters. The highest BCUT2D eigenvalue weighted by molar-refractivity contribution is 7.11. The highest BCUT2D eigenvalue weighted by Crippen LogP contribution is 2.27. The molecule has 2 aromatic rings. The predicted octanol–water partition coefficient (Wildman–Crippen LogP) is 2.85. The lowest BCUT2D eigenvalue weighted by atomic mass is 10.1. The summed E-state index contributed by atoms with van der Waals surface area (Å²) in [4.78, 5) is 31.3. The molecule has 3 rings (SSSR count). The second-order valence-corrected chi connectivity index (χ2v) is 6.24. The van der Waals surface area contributed by atoms with E-state index in [2.05, 4.69) is 4.98 Å². The monoisotopic (exact) mass is 286 g/mol. The minimum absolute atomic E-state index is 0.0518. The van der Waals surface area contributed by atoms with Crippen molar-refractivity contribution >= 4 is 23.2 Å². The van der Waals surface area contributed by atoms with Crippen LogP contribution in [-0.4, -0.2) is 28.2 Å². The number of thiazole rings is 1. The lowest BCUT2D eigenvalue weighted by Gasteiger charge is -2.17. The van der Waals surface area contributed by atoms with Gasteiger partial charge in [-0.05, 0) is 19.1 Å². The van der Waals surface area contributed by atoms with Crippen LogP contribution in [0, 0.1) is 6.92 Å². The van der Waals surface area contributed by atoms with E-state index in [0.29, 0.717) is 17.7 Å². The van der Waals surface area contributed by atoms with E-state index in [1.165, 1.54) is 4.90 Å². The van der Waals surface area contributed by atoms with E-state index in [0.717, 1.165) is 9.88 Å². The van der Waals surface area contributed by atoms with E-state index in [1.807, 2.05) is 20.0 Å². The molecule has 1 unspecified atom stereocenters. The second kappa shape index (κ2) is 4.83. The van der Waals surface area contributed by atoms with Crippen molar-refractivity contribution in [3.05, 3.63) is 51.5 Å². The highest BCUT2D eigenvalue weighted by atomic mass is 32.1. The topological polar surface area (TPSA) is 50.3 Å². The molecule has 1 aromatic heterocycles. The van der Waals surface area contributed by atoms with Gasteiger partial charge in [-0.25, -0.2) is 4.98 Å². The summed E-state index contributed by atoms with van der Waals surface area (Å²) in [5, 5.41) is 0.957. The normalized spacial score (nSPS) is 15.6. The van der Waals surface area contributed by atoms with Gasteiger partial charge in [0.1, 0.15) is 0 Å². The molecule has 2 amide bonds. The van der Waals surface area contributed by atoms with Crippen molar-refractivity contribution in [2.45, 2.75) is 19.8 Å². The molecule has 20 heavy (non-hydrogen) atoms. The summed E-state index contributed by atoms with van der Waals surface area (Å²) in [5.74, 6) is -0.354. The first kappa shape index (κ1) is 13.0. The predicted molar refractivity (Wildman–Crippen MR) is 77.1 cm³/mol. The van der Waals surface area contributed by atoms with Gasteiger partial charge in [-0.3, -0.25) is 14.5 Å². The molecule has 0 aliphatic carbocycles. The van der Waals surface area contributed by atoms with Crippen molar-refractivity contribution in [2.75, 3.05) is 6.54 Å². The number of carbonyl (C=O) groups excluding carboxylic acids is 2. The van der Waals surface area contributed by atoms with E-state index >= 15 is 0 Å². The van der Waals surface area contributed by atoms with Crippen LogP contribution in [0.1, 0.15) is 43.4 Å². The number of carbonyl (C=O) groups is 2. The smallest absolute Gasteiger partial charge is 0.261 e. The lowest BCUT2D eigenvalue weighted by molar-refractivity contribution is 0.0646. The largest absolute Gasteiger partial charge is 0.274 e.